The molecule has 3 heterocycles. The van der Waals surface area contributed by atoms with Gasteiger partial charge in [-0.25, -0.2) is 4.99 Å². The van der Waals surface area contributed by atoms with Crippen molar-refractivity contribution in [2.75, 3.05) is 71.0 Å². The summed E-state index contributed by atoms with van der Waals surface area (Å²) in [5.41, 5.74) is 8.69. The predicted octanol–water partition coefficient (Wildman–Crippen LogP) is 1.64. The third-order valence-electron chi connectivity index (χ3n) is 6.91. The van der Waals surface area contributed by atoms with Crippen LogP contribution in [-0.4, -0.2) is 103 Å². The number of amidine groups is 1. The zero-order valence-corrected chi connectivity index (χ0v) is 22.1. The molecule has 2 aliphatic heterocycles. The van der Waals surface area contributed by atoms with Gasteiger partial charge in [0.25, 0.3) is 0 Å². The van der Waals surface area contributed by atoms with Crippen molar-refractivity contribution < 1.29 is 14.3 Å². The molecule has 4 rings (SSSR count). The first-order valence-corrected chi connectivity index (χ1v) is 13.6. The second kappa shape index (κ2) is 14.3. The van der Waals surface area contributed by atoms with E-state index in [1.165, 1.54) is 6.34 Å². The normalized spacial score (nSPS) is 20.6. The maximum Gasteiger partial charge on any atom is 0.248 e. The van der Waals surface area contributed by atoms with Crippen molar-refractivity contribution in [2.24, 2.45) is 21.6 Å². The van der Waals surface area contributed by atoms with Crippen LogP contribution in [0.5, 0.6) is 0 Å². The molecule has 0 aromatic carbocycles. The number of nitrogens with zero attached hydrogens (tertiary/aromatic N) is 6. The van der Waals surface area contributed by atoms with Crippen molar-refractivity contribution in [1.82, 2.24) is 19.6 Å². The molecule has 1 aromatic heterocycles. The van der Waals surface area contributed by atoms with Crippen LogP contribution < -0.4 is 11.1 Å². The van der Waals surface area contributed by atoms with Gasteiger partial charge in [0.15, 0.2) is 5.84 Å². The van der Waals surface area contributed by atoms with Crippen molar-refractivity contribution in [3.8, 4) is 0 Å². The van der Waals surface area contributed by atoms with E-state index < -0.39 is 0 Å². The number of morpholine rings is 1. The molecule has 37 heavy (non-hydrogen) atoms. The Bertz CT molecular complexity index is 963. The van der Waals surface area contributed by atoms with Crippen LogP contribution in [0.3, 0.4) is 0 Å². The first-order valence-electron chi connectivity index (χ1n) is 13.6. The number of amides is 1. The topological polar surface area (TPSA) is 123 Å². The minimum absolute atomic E-state index is 0.0569. The van der Waals surface area contributed by atoms with Crippen LogP contribution in [0.25, 0.3) is 0 Å². The summed E-state index contributed by atoms with van der Waals surface area (Å²) < 4.78 is 12.8. The van der Waals surface area contributed by atoms with Crippen molar-refractivity contribution in [1.29, 1.82) is 0 Å². The molecule has 1 amide bonds. The van der Waals surface area contributed by atoms with Gasteiger partial charge in [0.05, 0.1) is 30.9 Å². The molecule has 3 N–H and O–H groups in total. The summed E-state index contributed by atoms with van der Waals surface area (Å²) in [5, 5.41) is 8.15. The molecule has 3 fully saturated rings. The smallest absolute Gasteiger partial charge is 0.248 e. The van der Waals surface area contributed by atoms with Crippen LogP contribution in [0.1, 0.15) is 37.8 Å². The quantitative estimate of drug-likeness (QED) is 0.247. The molecule has 11 heteroatoms. The number of rotatable bonds is 12. The van der Waals surface area contributed by atoms with Gasteiger partial charge in [-0.2, -0.15) is 5.10 Å². The molecular weight excluding hydrogens is 472 g/mol. The lowest BCUT2D eigenvalue weighted by Crippen LogP contribution is -2.37. The molecule has 0 bridgehead atoms. The highest BCUT2D eigenvalue weighted by atomic mass is 16.5. The number of aliphatic imine (C=N–C) groups is 2. The van der Waals surface area contributed by atoms with E-state index in [9.17, 15) is 4.79 Å². The summed E-state index contributed by atoms with van der Waals surface area (Å²) in [6.07, 6.45) is 10.3. The van der Waals surface area contributed by atoms with Gasteiger partial charge in [0.1, 0.15) is 6.61 Å². The van der Waals surface area contributed by atoms with E-state index in [4.69, 9.17) is 25.3 Å². The minimum Gasteiger partial charge on any atom is -0.390 e. The summed E-state index contributed by atoms with van der Waals surface area (Å²) in [6, 6.07) is 0. The lowest BCUT2D eigenvalue weighted by atomic mass is 10.1. The number of hydrogen-bond acceptors (Lipinski definition) is 7. The van der Waals surface area contributed by atoms with Gasteiger partial charge >= 0.3 is 0 Å². The van der Waals surface area contributed by atoms with Gasteiger partial charge in [0, 0.05) is 70.4 Å². The molecule has 0 atom stereocenters. The van der Waals surface area contributed by atoms with E-state index in [-0.39, 0.29) is 12.5 Å². The molecule has 204 valence electrons. The van der Waals surface area contributed by atoms with E-state index in [0.29, 0.717) is 31.4 Å². The summed E-state index contributed by atoms with van der Waals surface area (Å²) in [4.78, 5) is 25.6. The monoisotopic (exact) mass is 514 g/mol. The van der Waals surface area contributed by atoms with Crippen molar-refractivity contribution in [2.45, 2.75) is 45.6 Å². The first-order chi connectivity index (χ1) is 18.1. The van der Waals surface area contributed by atoms with E-state index in [1.54, 1.807) is 0 Å². The summed E-state index contributed by atoms with van der Waals surface area (Å²) >= 11 is 0. The fourth-order valence-corrected chi connectivity index (χ4v) is 4.66. The molecule has 1 aliphatic carbocycles. The van der Waals surface area contributed by atoms with Gasteiger partial charge < -0.3 is 25.4 Å². The van der Waals surface area contributed by atoms with Crippen LogP contribution in [0.15, 0.2) is 28.0 Å². The fraction of sp³-hybridized carbons (Fsp3) is 0.692. The van der Waals surface area contributed by atoms with Crippen LogP contribution >= 0.6 is 0 Å². The number of carbonyl (C=O) groups excluding carboxylic acids is 1. The van der Waals surface area contributed by atoms with Crippen LogP contribution in [-0.2, 0) is 20.8 Å². The highest BCUT2D eigenvalue weighted by molar-refractivity contribution is 6.03. The Morgan fingerprint density at radius 3 is 2.78 bits per heavy atom. The van der Waals surface area contributed by atoms with Crippen LogP contribution in [0.2, 0.25) is 0 Å². The third kappa shape index (κ3) is 8.65. The summed E-state index contributed by atoms with van der Waals surface area (Å²) in [5.74, 6) is 1.16. The Morgan fingerprint density at radius 1 is 1.16 bits per heavy atom. The van der Waals surface area contributed by atoms with Gasteiger partial charge in [-0.05, 0) is 44.9 Å². The Morgan fingerprint density at radius 2 is 2.00 bits per heavy atom. The van der Waals surface area contributed by atoms with Gasteiger partial charge in [0.2, 0.25) is 5.91 Å². The molecule has 0 spiro atoms. The highest BCUT2D eigenvalue weighted by Crippen LogP contribution is 2.37. The third-order valence-corrected chi connectivity index (χ3v) is 6.91. The van der Waals surface area contributed by atoms with Crippen molar-refractivity contribution >= 4 is 23.8 Å². The molecule has 1 saturated carbocycles. The van der Waals surface area contributed by atoms with Crippen molar-refractivity contribution in [3.63, 3.8) is 0 Å². The summed E-state index contributed by atoms with van der Waals surface area (Å²) in [6.45, 7) is 10.5. The van der Waals surface area contributed by atoms with Crippen LogP contribution in [0, 0.1) is 12.8 Å². The van der Waals surface area contributed by atoms with E-state index in [1.807, 2.05) is 22.7 Å². The number of nitrogens with two attached hydrogens (primary N) is 1. The average molecular weight is 515 g/mol. The van der Waals surface area contributed by atoms with Gasteiger partial charge in [-0.1, -0.05) is 0 Å². The highest BCUT2D eigenvalue weighted by Gasteiger charge is 2.29. The maximum absolute atomic E-state index is 12.1. The zero-order chi connectivity index (χ0) is 25.9. The molecule has 2 saturated heterocycles. The maximum atomic E-state index is 12.1. The number of hydrogen-bond donors (Lipinski definition) is 2. The number of aromatic nitrogens is 2. The molecule has 0 radical (unpaired) electrons. The SMILES string of the molecule is Cc1nn(CCCN2CCOCC2)cc1NC=C(C(N=CN)=NCCCN1CCCOCC1=O)C1CC1. The summed E-state index contributed by atoms with van der Waals surface area (Å²) in [7, 11) is 0. The molecule has 11 nitrogen and oxygen atoms in total. The van der Waals surface area contributed by atoms with E-state index >= 15 is 0 Å². The first kappa shape index (κ1) is 27.3. The fourth-order valence-electron chi connectivity index (χ4n) is 4.66. The molecule has 1 aromatic rings. The van der Waals surface area contributed by atoms with Crippen LogP contribution in [0.4, 0.5) is 5.69 Å². The number of anilines is 1. The van der Waals surface area contributed by atoms with E-state index in [2.05, 4.69) is 21.4 Å². The number of nitrogens with one attached hydrogen (secondary N) is 1. The Hall–Kier alpha value is -2.76. The van der Waals surface area contributed by atoms with Crippen molar-refractivity contribution in [3.05, 3.63) is 23.7 Å². The second-order valence-electron chi connectivity index (χ2n) is 9.84. The zero-order valence-electron chi connectivity index (χ0n) is 22.1. The second-order valence-corrected chi connectivity index (χ2v) is 9.84. The lowest BCUT2D eigenvalue weighted by molar-refractivity contribution is -0.133. The van der Waals surface area contributed by atoms with E-state index in [0.717, 1.165) is 95.0 Å². The Kier molecular flexibility index (Phi) is 10.5. The number of ether oxygens (including phenoxy) is 2. The Labute approximate surface area is 219 Å². The van der Waals surface area contributed by atoms with Gasteiger partial charge in [-0.3, -0.25) is 19.4 Å². The molecular formula is C26H42N8O3. The molecule has 3 aliphatic rings. The average Bonchev–Trinajstić information content (AvgIpc) is 3.70. The predicted molar refractivity (Wildman–Crippen MR) is 145 cm³/mol. The Balaban J connectivity index is 1.32. The minimum atomic E-state index is 0.0569. The van der Waals surface area contributed by atoms with Gasteiger partial charge in [-0.15, -0.1) is 0 Å². The lowest BCUT2D eigenvalue weighted by Gasteiger charge is -2.26. The number of carbonyl (C=O) groups is 1. The molecule has 0 unspecified atom stereocenters. The largest absolute Gasteiger partial charge is 0.390 e. The standard InChI is InChI=1S/C26H42N8O3/c1-21-24(18-34(31-21)11-3-8-32-12-15-36-16-13-32)29-17-23(22-5-6-22)26(30-20-27)28-7-2-9-33-10-4-14-37-19-25(33)35/h17-18,20,22,29H,2-16,19H2,1H3,(H2,27,28,30). The number of aryl methyl sites for hydroxylation is 2.